The molecule has 116 valence electrons. The molecule has 0 unspecified atom stereocenters. The Morgan fingerprint density at radius 3 is 2.52 bits per heavy atom. The Hall–Kier alpha value is -1.76. The summed E-state index contributed by atoms with van der Waals surface area (Å²) in [7, 11) is 0. The van der Waals surface area contributed by atoms with E-state index in [1.165, 1.54) is 12.1 Å². The molecule has 0 amide bonds. The van der Waals surface area contributed by atoms with Crippen molar-refractivity contribution in [1.29, 1.82) is 0 Å². The van der Waals surface area contributed by atoms with Gasteiger partial charge in [-0.3, -0.25) is 10.1 Å². The Balaban J connectivity index is 2.11. The SMILES string of the molecule is O=[N+]([O-])c1ccc(OC2CCC(CO)CC2)c(C(F)F)c1. The lowest BCUT2D eigenvalue weighted by Gasteiger charge is -2.28. The molecule has 5 nitrogen and oxygen atoms in total. The highest BCUT2D eigenvalue weighted by Crippen LogP contribution is 2.35. The zero-order valence-electron chi connectivity index (χ0n) is 11.4. The summed E-state index contributed by atoms with van der Waals surface area (Å²) in [5.41, 5.74) is -0.824. The lowest BCUT2D eigenvalue weighted by atomic mass is 9.88. The maximum absolute atomic E-state index is 13.0. The van der Waals surface area contributed by atoms with Gasteiger partial charge >= 0.3 is 0 Å². The predicted octanol–water partition coefficient (Wildman–Crippen LogP) is 3.46. The second-order valence-corrected chi connectivity index (χ2v) is 5.22. The highest BCUT2D eigenvalue weighted by atomic mass is 19.3. The largest absolute Gasteiger partial charge is 0.490 e. The number of halogens is 2. The van der Waals surface area contributed by atoms with Gasteiger partial charge in [0.1, 0.15) is 5.75 Å². The quantitative estimate of drug-likeness (QED) is 0.667. The number of non-ortho nitro benzene ring substituents is 1. The molecule has 21 heavy (non-hydrogen) atoms. The molecule has 0 aromatic heterocycles. The molecule has 0 atom stereocenters. The topological polar surface area (TPSA) is 72.6 Å². The number of ether oxygens (including phenoxy) is 1. The summed E-state index contributed by atoms with van der Waals surface area (Å²) in [5, 5.41) is 19.7. The number of hydrogen-bond acceptors (Lipinski definition) is 4. The Kier molecular flexibility index (Phi) is 5.06. The lowest BCUT2D eigenvalue weighted by Crippen LogP contribution is -2.25. The molecule has 1 saturated carbocycles. The fourth-order valence-corrected chi connectivity index (χ4v) is 2.54. The molecule has 1 N–H and O–H groups in total. The van der Waals surface area contributed by atoms with E-state index >= 15 is 0 Å². The summed E-state index contributed by atoms with van der Waals surface area (Å²) in [6.07, 6.45) is -0.0630. The van der Waals surface area contributed by atoms with Crippen LogP contribution in [-0.2, 0) is 0 Å². The smallest absolute Gasteiger partial charge is 0.270 e. The van der Waals surface area contributed by atoms with E-state index in [1.807, 2.05) is 0 Å². The van der Waals surface area contributed by atoms with E-state index in [1.54, 1.807) is 0 Å². The molecule has 0 radical (unpaired) electrons. The number of nitro groups is 1. The molecule has 1 aromatic rings. The number of nitrogens with zero attached hydrogens (tertiary/aromatic N) is 1. The fourth-order valence-electron chi connectivity index (χ4n) is 2.54. The predicted molar refractivity (Wildman–Crippen MR) is 71.5 cm³/mol. The van der Waals surface area contributed by atoms with E-state index in [0.717, 1.165) is 18.9 Å². The van der Waals surface area contributed by atoms with E-state index in [-0.39, 0.29) is 30.1 Å². The highest BCUT2D eigenvalue weighted by Gasteiger charge is 2.25. The third kappa shape index (κ3) is 3.87. The second kappa shape index (κ2) is 6.80. The second-order valence-electron chi connectivity index (χ2n) is 5.22. The molecule has 1 aliphatic rings. The Bertz CT molecular complexity index is 502. The van der Waals surface area contributed by atoms with Gasteiger partial charge in [0.25, 0.3) is 12.1 Å². The molecule has 1 aromatic carbocycles. The number of rotatable bonds is 5. The zero-order chi connectivity index (χ0) is 15.4. The Morgan fingerprint density at radius 2 is 2.00 bits per heavy atom. The van der Waals surface area contributed by atoms with Gasteiger partial charge in [-0.25, -0.2) is 8.78 Å². The monoisotopic (exact) mass is 301 g/mol. The Morgan fingerprint density at radius 1 is 1.33 bits per heavy atom. The summed E-state index contributed by atoms with van der Waals surface area (Å²) in [6.45, 7) is 0.131. The van der Waals surface area contributed by atoms with Crippen molar-refractivity contribution in [1.82, 2.24) is 0 Å². The van der Waals surface area contributed by atoms with Gasteiger partial charge in [0.2, 0.25) is 0 Å². The van der Waals surface area contributed by atoms with Crippen LogP contribution >= 0.6 is 0 Å². The van der Waals surface area contributed by atoms with Crippen molar-refractivity contribution in [2.24, 2.45) is 5.92 Å². The molecule has 7 heteroatoms. The number of hydrogen-bond donors (Lipinski definition) is 1. The Labute approximate surface area is 120 Å². The molecular formula is C14H17F2NO4. The standard InChI is InChI=1S/C14H17F2NO4/c15-14(16)12-7-10(17(19)20)3-6-13(12)21-11-4-1-9(8-18)2-5-11/h3,6-7,9,11,14,18H,1-2,4-5,8H2. The first kappa shape index (κ1) is 15.6. The molecule has 0 heterocycles. The van der Waals surface area contributed by atoms with Gasteiger partial charge < -0.3 is 9.84 Å². The first-order valence-corrected chi connectivity index (χ1v) is 6.85. The summed E-state index contributed by atoms with van der Waals surface area (Å²) in [4.78, 5) is 9.94. The lowest BCUT2D eigenvalue weighted by molar-refractivity contribution is -0.385. The molecule has 1 fully saturated rings. The van der Waals surface area contributed by atoms with Crippen molar-refractivity contribution >= 4 is 5.69 Å². The van der Waals surface area contributed by atoms with Crippen molar-refractivity contribution in [2.45, 2.75) is 38.2 Å². The summed E-state index contributed by atoms with van der Waals surface area (Å²) >= 11 is 0. The van der Waals surface area contributed by atoms with Crippen LogP contribution in [0, 0.1) is 16.0 Å². The maximum atomic E-state index is 13.0. The van der Waals surface area contributed by atoms with Gasteiger partial charge in [0, 0.05) is 18.7 Å². The van der Waals surface area contributed by atoms with Crippen molar-refractivity contribution in [3.63, 3.8) is 0 Å². The molecule has 2 rings (SSSR count). The summed E-state index contributed by atoms with van der Waals surface area (Å²) < 4.78 is 31.6. The van der Waals surface area contributed by atoms with E-state index < -0.39 is 16.9 Å². The first-order valence-electron chi connectivity index (χ1n) is 6.85. The van der Waals surface area contributed by atoms with E-state index in [4.69, 9.17) is 9.84 Å². The van der Waals surface area contributed by atoms with Crippen LogP contribution in [-0.4, -0.2) is 22.7 Å². The normalized spacial score (nSPS) is 22.3. The van der Waals surface area contributed by atoms with Crippen LogP contribution in [0.1, 0.15) is 37.7 Å². The number of nitro benzene ring substituents is 1. The number of alkyl halides is 2. The molecule has 0 aliphatic heterocycles. The van der Waals surface area contributed by atoms with Crippen molar-refractivity contribution in [3.05, 3.63) is 33.9 Å². The first-order chi connectivity index (χ1) is 10.0. The molecule has 1 aliphatic carbocycles. The molecular weight excluding hydrogens is 284 g/mol. The van der Waals surface area contributed by atoms with Gasteiger partial charge in [-0.15, -0.1) is 0 Å². The van der Waals surface area contributed by atoms with Crippen molar-refractivity contribution in [3.8, 4) is 5.75 Å². The number of benzene rings is 1. The van der Waals surface area contributed by atoms with E-state index in [0.29, 0.717) is 12.8 Å². The van der Waals surface area contributed by atoms with Crippen LogP contribution in [0.4, 0.5) is 14.5 Å². The van der Waals surface area contributed by atoms with Gasteiger partial charge in [0.05, 0.1) is 16.6 Å². The van der Waals surface area contributed by atoms with Crippen LogP contribution in [0.2, 0.25) is 0 Å². The average Bonchev–Trinajstić information content (AvgIpc) is 2.48. The fraction of sp³-hybridized carbons (Fsp3) is 0.571. The molecule has 0 saturated heterocycles. The van der Waals surface area contributed by atoms with E-state index in [2.05, 4.69) is 0 Å². The van der Waals surface area contributed by atoms with Gasteiger partial charge in [-0.05, 0) is 37.7 Å². The minimum atomic E-state index is -2.83. The third-order valence-electron chi connectivity index (χ3n) is 3.78. The van der Waals surface area contributed by atoms with Crippen molar-refractivity contribution < 1.29 is 23.5 Å². The summed E-state index contributed by atoms with van der Waals surface area (Å²) in [6, 6.07) is 3.26. The van der Waals surface area contributed by atoms with Gasteiger partial charge in [-0.1, -0.05) is 0 Å². The van der Waals surface area contributed by atoms with Crippen LogP contribution in [0.15, 0.2) is 18.2 Å². The highest BCUT2D eigenvalue weighted by molar-refractivity contribution is 5.44. The maximum Gasteiger partial charge on any atom is 0.270 e. The minimum absolute atomic E-state index is 0.00282. The van der Waals surface area contributed by atoms with Crippen LogP contribution in [0.5, 0.6) is 5.75 Å². The zero-order valence-corrected chi connectivity index (χ0v) is 11.4. The third-order valence-corrected chi connectivity index (χ3v) is 3.78. The van der Waals surface area contributed by atoms with Crippen molar-refractivity contribution in [2.75, 3.05) is 6.61 Å². The van der Waals surface area contributed by atoms with Gasteiger partial charge in [-0.2, -0.15) is 0 Å². The van der Waals surface area contributed by atoms with Gasteiger partial charge in [0.15, 0.2) is 0 Å². The summed E-state index contributed by atoms with van der Waals surface area (Å²) in [5.74, 6) is 0.249. The molecule has 0 spiro atoms. The minimum Gasteiger partial charge on any atom is -0.490 e. The van der Waals surface area contributed by atoms with Crippen LogP contribution in [0.3, 0.4) is 0 Å². The van der Waals surface area contributed by atoms with Crippen LogP contribution < -0.4 is 4.74 Å². The number of aliphatic hydroxyl groups is 1. The van der Waals surface area contributed by atoms with Crippen LogP contribution in [0.25, 0.3) is 0 Å². The van der Waals surface area contributed by atoms with E-state index in [9.17, 15) is 18.9 Å². The molecule has 0 bridgehead atoms. The average molecular weight is 301 g/mol. The number of aliphatic hydroxyl groups excluding tert-OH is 1.